The summed E-state index contributed by atoms with van der Waals surface area (Å²) in [5, 5.41) is 2.53. The van der Waals surface area contributed by atoms with Crippen LogP contribution in [0, 0.1) is 0 Å². The smallest absolute Gasteiger partial charge is 0.416 e. The second kappa shape index (κ2) is 9.03. The van der Waals surface area contributed by atoms with E-state index in [0.717, 1.165) is 22.2 Å². The van der Waals surface area contributed by atoms with Crippen LogP contribution in [0.1, 0.15) is 16.7 Å². The van der Waals surface area contributed by atoms with E-state index < -0.39 is 29.7 Å². The van der Waals surface area contributed by atoms with Crippen molar-refractivity contribution in [3.05, 3.63) is 69.7 Å². The molecule has 2 rings (SSSR count). The molecular formula is C19H17BrF3NO3. The van der Waals surface area contributed by atoms with Gasteiger partial charge in [-0.1, -0.05) is 46.3 Å². The summed E-state index contributed by atoms with van der Waals surface area (Å²) in [5.74, 6) is -1.20. The zero-order valence-electron chi connectivity index (χ0n) is 14.3. The maximum absolute atomic E-state index is 12.8. The van der Waals surface area contributed by atoms with Crippen LogP contribution in [-0.2, 0) is 33.3 Å². The van der Waals surface area contributed by atoms with Crippen molar-refractivity contribution in [2.45, 2.75) is 25.1 Å². The number of hydrogen-bond acceptors (Lipinski definition) is 3. The van der Waals surface area contributed by atoms with Crippen molar-refractivity contribution in [1.29, 1.82) is 0 Å². The Kier molecular flexibility index (Phi) is 7.01. The van der Waals surface area contributed by atoms with Crippen LogP contribution in [-0.4, -0.2) is 25.0 Å². The Morgan fingerprint density at radius 3 is 2.41 bits per heavy atom. The molecule has 0 saturated heterocycles. The van der Waals surface area contributed by atoms with E-state index in [1.54, 1.807) is 18.2 Å². The van der Waals surface area contributed by atoms with E-state index in [1.165, 1.54) is 19.2 Å². The van der Waals surface area contributed by atoms with E-state index in [9.17, 15) is 22.8 Å². The van der Waals surface area contributed by atoms with Crippen LogP contribution in [0.3, 0.4) is 0 Å². The summed E-state index contributed by atoms with van der Waals surface area (Å²) >= 11 is 3.33. The lowest BCUT2D eigenvalue weighted by Crippen LogP contribution is -2.43. The zero-order valence-corrected chi connectivity index (χ0v) is 15.9. The van der Waals surface area contributed by atoms with Gasteiger partial charge in [0, 0.05) is 10.9 Å². The molecule has 0 fully saturated rings. The summed E-state index contributed by atoms with van der Waals surface area (Å²) in [6.07, 6.45) is -4.57. The third kappa shape index (κ3) is 6.39. The largest absolute Gasteiger partial charge is 0.467 e. The Morgan fingerprint density at radius 2 is 1.78 bits per heavy atom. The Hall–Kier alpha value is -2.35. The molecule has 0 aromatic heterocycles. The summed E-state index contributed by atoms with van der Waals surface area (Å²) in [5.41, 5.74) is 0.166. The predicted molar refractivity (Wildman–Crippen MR) is 96.9 cm³/mol. The second-order valence-corrected chi connectivity index (χ2v) is 6.77. The molecule has 0 spiro atoms. The van der Waals surface area contributed by atoms with Gasteiger partial charge in [0.1, 0.15) is 6.04 Å². The van der Waals surface area contributed by atoms with E-state index in [4.69, 9.17) is 4.74 Å². The number of carbonyl (C=O) groups excluding carboxylic acids is 2. The Bertz CT molecular complexity index is 824. The van der Waals surface area contributed by atoms with Crippen molar-refractivity contribution in [2.75, 3.05) is 7.11 Å². The quantitative estimate of drug-likeness (QED) is 0.688. The molecule has 1 amide bonds. The van der Waals surface area contributed by atoms with Gasteiger partial charge in [-0.05, 0) is 29.3 Å². The predicted octanol–water partition coefficient (Wildman–Crippen LogP) is 3.91. The normalized spacial score (nSPS) is 12.3. The lowest BCUT2D eigenvalue weighted by molar-refractivity contribution is -0.145. The first-order valence-electron chi connectivity index (χ1n) is 7.97. The molecule has 2 aromatic rings. The topological polar surface area (TPSA) is 55.4 Å². The van der Waals surface area contributed by atoms with Crippen molar-refractivity contribution in [1.82, 2.24) is 5.32 Å². The SMILES string of the molecule is COC(=O)[C@@H](Cc1cccc(Br)c1)NC(=O)Cc1cccc(C(F)(F)F)c1. The summed E-state index contributed by atoms with van der Waals surface area (Å²) in [6, 6.07) is 10.8. The molecule has 0 aliphatic carbocycles. The second-order valence-electron chi connectivity index (χ2n) is 5.85. The van der Waals surface area contributed by atoms with Crippen LogP contribution in [0.25, 0.3) is 0 Å². The van der Waals surface area contributed by atoms with E-state index in [-0.39, 0.29) is 18.4 Å². The molecule has 1 N–H and O–H groups in total. The number of alkyl halides is 3. The van der Waals surface area contributed by atoms with Crippen LogP contribution >= 0.6 is 15.9 Å². The molecule has 0 heterocycles. The fourth-order valence-corrected chi connectivity index (χ4v) is 2.97. The molecule has 4 nitrogen and oxygen atoms in total. The highest BCUT2D eigenvalue weighted by Gasteiger charge is 2.30. The molecule has 8 heteroatoms. The molecule has 144 valence electrons. The average molecular weight is 444 g/mol. The minimum Gasteiger partial charge on any atom is -0.467 e. The number of halogens is 4. The standard InChI is InChI=1S/C19H17BrF3NO3/c1-27-18(26)16(10-13-5-3-7-15(20)9-13)24-17(25)11-12-4-2-6-14(8-12)19(21,22)23/h2-9,16H,10-11H2,1H3,(H,24,25)/t16-/m1/s1. The highest BCUT2D eigenvalue weighted by Crippen LogP contribution is 2.29. The zero-order chi connectivity index (χ0) is 20.0. The summed E-state index contributed by atoms with van der Waals surface area (Å²) < 4.78 is 43.9. The molecule has 0 aliphatic heterocycles. The van der Waals surface area contributed by atoms with Crippen molar-refractivity contribution >= 4 is 27.8 Å². The van der Waals surface area contributed by atoms with Gasteiger partial charge in [0.25, 0.3) is 0 Å². The number of methoxy groups -OCH3 is 1. The van der Waals surface area contributed by atoms with Gasteiger partial charge in [0.05, 0.1) is 19.1 Å². The van der Waals surface area contributed by atoms with E-state index in [1.807, 2.05) is 6.07 Å². The van der Waals surface area contributed by atoms with Gasteiger partial charge < -0.3 is 10.1 Å². The van der Waals surface area contributed by atoms with E-state index >= 15 is 0 Å². The van der Waals surface area contributed by atoms with Gasteiger partial charge in [0.2, 0.25) is 5.91 Å². The minimum atomic E-state index is -4.48. The fraction of sp³-hybridized carbons (Fsp3) is 0.263. The van der Waals surface area contributed by atoms with Crippen LogP contribution in [0.4, 0.5) is 13.2 Å². The van der Waals surface area contributed by atoms with Gasteiger partial charge in [-0.15, -0.1) is 0 Å². The van der Waals surface area contributed by atoms with Gasteiger partial charge in [0.15, 0.2) is 0 Å². The van der Waals surface area contributed by atoms with Crippen LogP contribution < -0.4 is 5.32 Å². The first kappa shape index (κ1) is 21.0. The lowest BCUT2D eigenvalue weighted by Gasteiger charge is -2.17. The summed E-state index contributed by atoms with van der Waals surface area (Å²) in [6.45, 7) is 0. The number of esters is 1. The minimum absolute atomic E-state index is 0.195. The summed E-state index contributed by atoms with van der Waals surface area (Å²) in [4.78, 5) is 24.2. The first-order chi connectivity index (χ1) is 12.7. The Balaban J connectivity index is 2.09. The van der Waals surface area contributed by atoms with Gasteiger partial charge in [-0.3, -0.25) is 4.79 Å². The van der Waals surface area contributed by atoms with Crippen molar-refractivity contribution in [3.8, 4) is 0 Å². The lowest BCUT2D eigenvalue weighted by atomic mass is 10.0. The molecule has 0 unspecified atom stereocenters. The molecule has 0 bridgehead atoms. The van der Waals surface area contributed by atoms with Gasteiger partial charge >= 0.3 is 12.1 Å². The first-order valence-corrected chi connectivity index (χ1v) is 8.76. The highest BCUT2D eigenvalue weighted by molar-refractivity contribution is 9.10. The Morgan fingerprint density at radius 1 is 1.11 bits per heavy atom. The maximum atomic E-state index is 12.8. The van der Waals surface area contributed by atoms with Crippen LogP contribution in [0.5, 0.6) is 0 Å². The monoisotopic (exact) mass is 443 g/mol. The Labute approximate surface area is 162 Å². The molecule has 0 radical (unpaired) electrons. The highest BCUT2D eigenvalue weighted by atomic mass is 79.9. The fourth-order valence-electron chi connectivity index (χ4n) is 2.52. The third-order valence-electron chi connectivity index (χ3n) is 3.77. The molecule has 2 aromatic carbocycles. The number of rotatable bonds is 6. The van der Waals surface area contributed by atoms with Gasteiger partial charge in [-0.25, -0.2) is 4.79 Å². The maximum Gasteiger partial charge on any atom is 0.416 e. The van der Waals surface area contributed by atoms with E-state index in [2.05, 4.69) is 21.2 Å². The van der Waals surface area contributed by atoms with Gasteiger partial charge in [-0.2, -0.15) is 13.2 Å². The average Bonchev–Trinajstić information content (AvgIpc) is 2.60. The summed E-state index contributed by atoms with van der Waals surface area (Å²) in [7, 11) is 1.20. The number of nitrogens with one attached hydrogen (secondary N) is 1. The molecule has 1 atom stereocenters. The number of amides is 1. The van der Waals surface area contributed by atoms with Crippen LogP contribution in [0.2, 0.25) is 0 Å². The molecular weight excluding hydrogens is 427 g/mol. The number of hydrogen-bond donors (Lipinski definition) is 1. The van der Waals surface area contributed by atoms with Crippen molar-refractivity contribution < 1.29 is 27.5 Å². The third-order valence-corrected chi connectivity index (χ3v) is 4.26. The molecule has 0 aliphatic rings. The van der Waals surface area contributed by atoms with E-state index in [0.29, 0.717) is 0 Å². The molecule has 27 heavy (non-hydrogen) atoms. The number of carbonyl (C=O) groups is 2. The van der Waals surface area contributed by atoms with Crippen molar-refractivity contribution in [3.63, 3.8) is 0 Å². The molecule has 0 saturated carbocycles. The number of benzene rings is 2. The van der Waals surface area contributed by atoms with Crippen molar-refractivity contribution in [2.24, 2.45) is 0 Å². The number of ether oxygens (including phenoxy) is 1. The van der Waals surface area contributed by atoms with Crippen LogP contribution in [0.15, 0.2) is 53.0 Å².